The number of aliphatic hydroxyl groups is 2. The number of hydrogen-bond acceptors (Lipinski definition) is 15. The predicted octanol–water partition coefficient (Wildman–Crippen LogP) is 3.24. The summed E-state index contributed by atoms with van der Waals surface area (Å²) in [6.07, 6.45) is -2.81. The molecule has 368 valence electrons. The van der Waals surface area contributed by atoms with Crippen LogP contribution in [0.2, 0.25) is 6.82 Å². The normalized spacial score (nSPS) is 20.5. The Bertz CT molecular complexity index is 2500. The van der Waals surface area contributed by atoms with Gasteiger partial charge in [-0.05, 0) is 62.3 Å². The molecule has 0 saturated carbocycles. The van der Waals surface area contributed by atoms with E-state index in [9.17, 15) is 39.2 Å². The van der Waals surface area contributed by atoms with Crippen molar-refractivity contribution in [3.8, 4) is 23.0 Å². The Hall–Kier alpha value is -6.81. The van der Waals surface area contributed by atoms with Crippen molar-refractivity contribution in [1.82, 2.24) is 15.1 Å². The number of nitrogens with zero attached hydrogens (tertiary/aromatic N) is 4. The lowest BCUT2D eigenvalue weighted by Gasteiger charge is -2.34. The van der Waals surface area contributed by atoms with Crippen molar-refractivity contribution < 1.29 is 62.9 Å². The Kier molecular flexibility index (Phi) is 15.1. The van der Waals surface area contributed by atoms with Gasteiger partial charge in [-0.1, -0.05) is 50.3 Å². The van der Waals surface area contributed by atoms with E-state index >= 15 is 0 Å². The van der Waals surface area contributed by atoms with Crippen LogP contribution in [0.1, 0.15) is 66.3 Å². The first-order valence-electron chi connectivity index (χ1n) is 22.7. The summed E-state index contributed by atoms with van der Waals surface area (Å²) in [5, 5.41) is 39.4. The standard InChI is InChI=1S/C48H60BN7O13/c1-25(2)41(50)43(58)51-28(5)42(57)52-30-12-10-29(11-13-30)24-69-48(63)55-33-20-39(37(65-7)18-31(33)44(59)53-22-26(3)16-35(53)46(55)61)67-14-9-15-68-40-21-34-32(19-38(40)66-8)45(60)54-23-27(4)17-36(54)47(62)56(34)49(6)64/h10-13,18-21,25,28,35-36,41,46-47,61-62,64H,3-4,9,14-17,22-24,50H2,1-2,5-8H3,(H,51,58)(H,52,57)/t28-,35-,36-,41-,46-,47-/m0/s1. The molecule has 2 saturated heterocycles. The van der Waals surface area contributed by atoms with Crippen LogP contribution in [0.25, 0.3) is 0 Å². The Morgan fingerprint density at radius 1 is 0.797 bits per heavy atom. The molecule has 3 aromatic rings. The lowest BCUT2D eigenvalue weighted by molar-refractivity contribution is -0.127. The van der Waals surface area contributed by atoms with Gasteiger partial charge in [-0.15, -0.1) is 0 Å². The molecule has 0 unspecified atom stereocenters. The zero-order valence-electron chi connectivity index (χ0n) is 39.6. The van der Waals surface area contributed by atoms with Gasteiger partial charge in [-0.3, -0.25) is 19.2 Å². The number of amides is 5. The summed E-state index contributed by atoms with van der Waals surface area (Å²) < 4.78 is 29.3. The number of carbonyl (C=O) groups excluding carboxylic acids is 5. The summed E-state index contributed by atoms with van der Waals surface area (Å²) in [5.41, 5.74) is 8.95. The Labute approximate surface area is 400 Å². The second kappa shape index (κ2) is 20.8. The van der Waals surface area contributed by atoms with Crippen molar-refractivity contribution in [3.05, 3.63) is 89.5 Å². The van der Waals surface area contributed by atoms with Crippen LogP contribution in [0.5, 0.6) is 23.0 Å². The molecule has 2 fully saturated rings. The van der Waals surface area contributed by atoms with Crippen molar-refractivity contribution in [1.29, 1.82) is 0 Å². The minimum Gasteiger partial charge on any atom is -0.493 e. The van der Waals surface area contributed by atoms with Crippen molar-refractivity contribution in [2.24, 2.45) is 11.7 Å². The highest BCUT2D eigenvalue weighted by atomic mass is 16.6. The smallest absolute Gasteiger partial charge is 0.416 e. The molecule has 0 radical (unpaired) electrons. The third kappa shape index (κ3) is 10.3. The molecule has 21 heteroatoms. The van der Waals surface area contributed by atoms with Crippen molar-refractivity contribution >= 4 is 53.8 Å². The number of methoxy groups -OCH3 is 2. The van der Waals surface area contributed by atoms with E-state index in [0.717, 1.165) is 10.5 Å². The minimum absolute atomic E-state index is 0.0251. The first kappa shape index (κ1) is 50.1. The number of nitrogens with two attached hydrogens (primary N) is 1. The van der Waals surface area contributed by atoms with Crippen molar-refractivity contribution in [2.75, 3.05) is 55.6 Å². The number of fused-ring (bicyclic) bond motifs is 4. The third-order valence-electron chi connectivity index (χ3n) is 12.7. The second-order valence-electron chi connectivity index (χ2n) is 18.0. The molecule has 20 nitrogen and oxygen atoms in total. The fourth-order valence-corrected chi connectivity index (χ4v) is 8.86. The molecule has 7 N–H and O–H groups in total. The number of rotatable bonds is 16. The van der Waals surface area contributed by atoms with E-state index in [1.807, 2.05) is 13.8 Å². The van der Waals surface area contributed by atoms with Crippen molar-refractivity contribution in [3.63, 3.8) is 0 Å². The number of nitrogens with one attached hydrogen (secondary N) is 2. The summed E-state index contributed by atoms with van der Waals surface area (Å²) in [7, 11) is 1.68. The number of ether oxygens (including phenoxy) is 5. The predicted molar refractivity (Wildman–Crippen MR) is 255 cm³/mol. The highest BCUT2D eigenvalue weighted by Crippen LogP contribution is 2.44. The van der Waals surface area contributed by atoms with Crippen LogP contribution in [0.15, 0.2) is 72.8 Å². The SMILES string of the molecule is C=C1C[C@H]2[C@H](O)N(B(C)O)c3cc(OCCCOc4cc5c(cc4OC)C(=O)N4CC(=C)C[C@H]4[C@H](O)N5C(=O)OCc4ccc(NC(=O)[C@H](C)NC(=O)[C@@H](N)C(C)C)cc4)c(OC)cc3C(=O)N2C1. The molecular weight excluding hydrogens is 893 g/mol. The van der Waals surface area contributed by atoms with Gasteiger partial charge in [0.15, 0.2) is 29.2 Å². The minimum atomic E-state index is -1.54. The summed E-state index contributed by atoms with van der Waals surface area (Å²) in [6.45, 7) is 15.0. The monoisotopic (exact) mass is 953 g/mol. The van der Waals surface area contributed by atoms with E-state index in [0.29, 0.717) is 23.2 Å². The quantitative estimate of drug-likeness (QED) is 0.0685. The average Bonchev–Trinajstić information content (AvgIpc) is 3.88. The van der Waals surface area contributed by atoms with Crippen LogP contribution in [0.3, 0.4) is 0 Å². The van der Waals surface area contributed by atoms with Crippen LogP contribution < -0.4 is 45.0 Å². The molecule has 5 amide bonds. The maximum atomic E-state index is 14.1. The summed E-state index contributed by atoms with van der Waals surface area (Å²) in [4.78, 5) is 72.5. The molecule has 4 aliphatic rings. The van der Waals surface area contributed by atoms with Crippen LogP contribution in [-0.2, 0) is 20.9 Å². The zero-order valence-corrected chi connectivity index (χ0v) is 39.6. The van der Waals surface area contributed by atoms with Crippen molar-refractivity contribution in [2.45, 2.75) is 90.1 Å². The van der Waals surface area contributed by atoms with Gasteiger partial charge in [0, 0.05) is 43.0 Å². The Morgan fingerprint density at radius 3 is 1.84 bits per heavy atom. The summed E-state index contributed by atoms with van der Waals surface area (Å²) >= 11 is 0. The Balaban J connectivity index is 1.04. The number of hydrogen-bond donors (Lipinski definition) is 6. The molecule has 0 aromatic heterocycles. The molecule has 3 aromatic carbocycles. The van der Waals surface area contributed by atoms with Gasteiger partial charge in [-0.25, -0.2) is 9.69 Å². The highest BCUT2D eigenvalue weighted by molar-refractivity contribution is 6.54. The largest absolute Gasteiger partial charge is 0.493 e. The molecule has 0 spiro atoms. The number of carbonyl (C=O) groups is 5. The van der Waals surface area contributed by atoms with Crippen LogP contribution in [0, 0.1) is 5.92 Å². The van der Waals surface area contributed by atoms with E-state index < -0.39 is 67.5 Å². The summed E-state index contributed by atoms with van der Waals surface area (Å²) in [6, 6.07) is 9.40. The zero-order chi connectivity index (χ0) is 50.0. The molecule has 0 aliphatic carbocycles. The van der Waals surface area contributed by atoms with E-state index in [2.05, 4.69) is 23.8 Å². The van der Waals surface area contributed by atoms with E-state index in [1.54, 1.807) is 42.2 Å². The Morgan fingerprint density at radius 2 is 1.32 bits per heavy atom. The third-order valence-corrected chi connectivity index (χ3v) is 12.7. The van der Waals surface area contributed by atoms with E-state index in [1.165, 1.54) is 49.0 Å². The number of benzene rings is 3. The van der Waals surface area contributed by atoms with E-state index in [4.69, 9.17) is 29.4 Å². The molecule has 69 heavy (non-hydrogen) atoms. The van der Waals surface area contributed by atoms with Gasteiger partial charge < -0.3 is 69.9 Å². The highest BCUT2D eigenvalue weighted by Gasteiger charge is 2.47. The van der Waals surface area contributed by atoms with Crippen LogP contribution in [0.4, 0.5) is 21.9 Å². The molecule has 0 bridgehead atoms. The van der Waals surface area contributed by atoms with Gasteiger partial charge >= 0.3 is 13.1 Å². The van der Waals surface area contributed by atoms with Gasteiger partial charge in [-0.2, -0.15) is 0 Å². The molecular formula is C48H60BN7O13. The first-order chi connectivity index (χ1) is 32.8. The van der Waals surface area contributed by atoms with Crippen LogP contribution in [-0.4, -0.2) is 139 Å². The second-order valence-corrected chi connectivity index (χ2v) is 18.0. The van der Waals surface area contributed by atoms with Gasteiger partial charge in [0.2, 0.25) is 11.8 Å². The molecule has 4 heterocycles. The fourth-order valence-electron chi connectivity index (χ4n) is 8.86. The summed E-state index contributed by atoms with van der Waals surface area (Å²) in [5.74, 6) is -0.956. The molecule has 7 rings (SSSR count). The fraction of sp³-hybridized carbons (Fsp3) is 0.438. The maximum absolute atomic E-state index is 14.1. The number of anilines is 3. The first-order valence-corrected chi connectivity index (χ1v) is 22.7. The topological polar surface area (TPSA) is 255 Å². The van der Waals surface area contributed by atoms with Crippen LogP contribution >= 0.6 is 0 Å². The van der Waals surface area contributed by atoms with Gasteiger partial charge in [0.25, 0.3) is 11.8 Å². The van der Waals surface area contributed by atoms with E-state index in [-0.39, 0.29) is 103 Å². The van der Waals surface area contributed by atoms with Gasteiger partial charge in [0.1, 0.15) is 18.9 Å². The van der Waals surface area contributed by atoms with Gasteiger partial charge in [0.05, 0.1) is 62.4 Å². The average molecular weight is 954 g/mol. The molecule has 4 aliphatic heterocycles. The lowest BCUT2D eigenvalue weighted by atomic mass is 9.82. The molecule has 6 atom stereocenters. The number of aliphatic hydroxyl groups excluding tert-OH is 2. The maximum Gasteiger partial charge on any atom is 0.416 e. The lowest BCUT2D eigenvalue weighted by Crippen LogP contribution is -2.53.